The largest absolute Gasteiger partial charge is 3.00 e. The Morgan fingerprint density at radius 1 is 0.565 bits per heavy atom. The van der Waals surface area contributed by atoms with Gasteiger partial charge >= 0.3 is 20.1 Å². The van der Waals surface area contributed by atoms with E-state index in [0.29, 0.717) is 0 Å². The zero-order chi connectivity index (χ0) is 47.3. The van der Waals surface area contributed by atoms with Crippen LogP contribution in [-0.4, -0.2) is 23.7 Å². The summed E-state index contributed by atoms with van der Waals surface area (Å²) in [4.78, 5) is 9.88. The second kappa shape index (κ2) is 16.7. The molecule has 0 fully saturated rings. The summed E-state index contributed by atoms with van der Waals surface area (Å²) < 4.78 is 6.65. The van der Waals surface area contributed by atoms with Crippen molar-refractivity contribution in [2.45, 2.75) is 90.9 Å². The zero-order valence-electron chi connectivity index (χ0n) is 41.1. The minimum atomic E-state index is -0.0448. The number of rotatable bonds is 4. The van der Waals surface area contributed by atoms with E-state index in [1.165, 1.54) is 33.5 Å². The van der Waals surface area contributed by atoms with Crippen molar-refractivity contribution in [2.75, 3.05) is 9.80 Å². The van der Waals surface area contributed by atoms with Gasteiger partial charge in [0.05, 0.1) is 34.0 Å². The van der Waals surface area contributed by atoms with Crippen LogP contribution in [0.5, 0.6) is 0 Å². The Bertz CT molecular complexity index is 3510. The standard InChI is InChI=1S/C40H37N5.C21H21N2.Ir/c1-39(2,3)27-14-12-18-30(22-27)42-26-43(31-19-13-15-28(23-31)40(4,5)6)37-25-35-32(24-36(37)42)41-38-44(29-16-8-7-9-17-29)33-20-10-11-21-34(33)45(35)38;1-20(2)17-12-8-9-13-18(17)23-19(21(20,3)4)16(14-22-23)15-10-6-5-7-11-15;/h7-18,20-26H,1-6H3;5-12,14H,1-4H3;/q-2;-1;+3. The van der Waals surface area contributed by atoms with E-state index in [0.717, 1.165) is 62.0 Å². The minimum absolute atomic E-state index is 0. The Morgan fingerprint density at radius 3 is 1.94 bits per heavy atom. The molecule has 0 saturated carbocycles. The Hall–Kier alpha value is -6.73. The molecule has 7 nitrogen and oxygen atoms in total. The van der Waals surface area contributed by atoms with Gasteiger partial charge in [0.2, 0.25) is 5.78 Å². The van der Waals surface area contributed by atoms with Crippen molar-refractivity contribution in [3.05, 3.63) is 205 Å². The number of anilines is 4. The van der Waals surface area contributed by atoms with Gasteiger partial charge in [-0.05, 0) is 81.6 Å². The van der Waals surface area contributed by atoms with Crippen molar-refractivity contribution < 1.29 is 20.1 Å². The number of benzene rings is 7. The maximum Gasteiger partial charge on any atom is 3.00 e. The van der Waals surface area contributed by atoms with Crippen molar-refractivity contribution in [1.29, 1.82) is 0 Å². The number of fused-ring (bicyclic) bond motifs is 9. The van der Waals surface area contributed by atoms with Crippen molar-refractivity contribution in [3.63, 3.8) is 0 Å². The van der Waals surface area contributed by atoms with Crippen molar-refractivity contribution >= 4 is 50.6 Å². The summed E-state index contributed by atoms with van der Waals surface area (Å²) in [6.07, 6.45) is 2.00. The predicted molar refractivity (Wildman–Crippen MR) is 281 cm³/mol. The maximum atomic E-state index is 5.29. The number of imidazole rings is 2. The third-order valence-electron chi connectivity index (χ3n) is 14.7. The van der Waals surface area contributed by atoms with Gasteiger partial charge in [0.25, 0.3) is 0 Å². The van der Waals surface area contributed by atoms with Gasteiger partial charge in [0.15, 0.2) is 0 Å². The first-order valence-corrected chi connectivity index (χ1v) is 23.8. The Balaban J connectivity index is 0.000000194. The maximum absolute atomic E-state index is 5.29. The molecule has 0 bridgehead atoms. The molecule has 3 aromatic heterocycles. The van der Waals surface area contributed by atoms with E-state index in [1.807, 2.05) is 12.3 Å². The van der Waals surface area contributed by atoms with Crippen LogP contribution in [-0.2, 0) is 41.8 Å². The SMILES string of the molecule is CC(C)(C)c1cc[c-]c(N2[CH-]N(c3cccc(C(C)(C)C)c3)c3cc4nc5n(-c6ccccc6)c6ccccc6n5c4cc32)c1.CC1(C)c2ccc[c-]c2-n2ncc(-c3ccccc3)c2C1(C)C.[Ir+3]. The van der Waals surface area contributed by atoms with Crippen molar-refractivity contribution in [2.24, 2.45) is 0 Å². The number of hydrogen-bond donors (Lipinski definition) is 0. The van der Waals surface area contributed by atoms with E-state index in [1.54, 1.807) is 0 Å². The summed E-state index contributed by atoms with van der Waals surface area (Å²) in [5, 5.41) is 4.72. The van der Waals surface area contributed by atoms with Gasteiger partial charge < -0.3 is 9.80 Å². The van der Waals surface area contributed by atoms with E-state index in [9.17, 15) is 0 Å². The predicted octanol–water partition coefficient (Wildman–Crippen LogP) is 15.1. The van der Waals surface area contributed by atoms with Crippen LogP contribution in [0.15, 0.2) is 164 Å². The van der Waals surface area contributed by atoms with Crippen LogP contribution < -0.4 is 9.80 Å². The first-order valence-electron chi connectivity index (χ1n) is 23.8. The summed E-state index contributed by atoms with van der Waals surface area (Å²) in [7, 11) is 0. The molecule has 0 saturated heterocycles. The molecule has 5 heterocycles. The average molecular weight is 1080 g/mol. The molecule has 0 N–H and O–H groups in total. The van der Waals surface area contributed by atoms with Crippen LogP contribution in [0.3, 0.4) is 0 Å². The van der Waals surface area contributed by atoms with Crippen molar-refractivity contribution in [3.8, 4) is 22.5 Å². The summed E-state index contributed by atoms with van der Waals surface area (Å²) >= 11 is 0. The zero-order valence-corrected chi connectivity index (χ0v) is 43.5. The molecule has 0 atom stereocenters. The molecular weight excluding hydrogens is 1020 g/mol. The molecular formula is C61H58IrN7. The van der Waals surface area contributed by atoms with Crippen molar-refractivity contribution in [1.82, 2.24) is 23.7 Å². The Kier molecular flexibility index (Phi) is 11.2. The van der Waals surface area contributed by atoms with Crippen LogP contribution in [0.1, 0.15) is 91.6 Å². The molecule has 7 aromatic carbocycles. The summed E-state index contributed by atoms with van der Waals surface area (Å²) in [6.45, 7) is 25.1. The molecule has 0 amide bonds. The molecule has 12 rings (SSSR count). The molecule has 0 aliphatic carbocycles. The average Bonchev–Trinajstić information content (AvgIpc) is 4.11. The Morgan fingerprint density at radius 2 is 1.22 bits per heavy atom. The molecule has 69 heavy (non-hydrogen) atoms. The smallest absolute Gasteiger partial charge is 0.493 e. The van der Waals surface area contributed by atoms with Gasteiger partial charge in [-0.1, -0.05) is 142 Å². The quantitative estimate of drug-likeness (QED) is 0.165. The second-order valence-corrected chi connectivity index (χ2v) is 21.5. The molecule has 0 unspecified atom stereocenters. The topological polar surface area (TPSA) is 46.5 Å². The monoisotopic (exact) mass is 1080 g/mol. The third-order valence-corrected chi connectivity index (χ3v) is 14.7. The molecule has 8 heteroatoms. The van der Waals surface area contributed by atoms with Gasteiger partial charge in [0, 0.05) is 33.7 Å². The summed E-state index contributed by atoms with van der Waals surface area (Å²) in [5.74, 6) is 0.902. The molecule has 2 aliphatic rings. The fourth-order valence-electron chi connectivity index (χ4n) is 10.2. The minimum Gasteiger partial charge on any atom is -0.493 e. The van der Waals surface area contributed by atoms with E-state index in [2.05, 4.69) is 263 Å². The molecule has 0 spiro atoms. The first kappa shape index (κ1) is 46.0. The number of hydrogen-bond acceptors (Lipinski definition) is 4. The Labute approximate surface area is 420 Å². The van der Waals surface area contributed by atoms with E-state index in [4.69, 9.17) is 10.1 Å². The second-order valence-electron chi connectivity index (χ2n) is 21.5. The van der Waals surface area contributed by atoms with Gasteiger partial charge in [-0.3, -0.25) is 13.6 Å². The van der Waals surface area contributed by atoms with Crippen LogP contribution in [0.2, 0.25) is 0 Å². The summed E-state index contributed by atoms with van der Waals surface area (Å²) in [5.41, 5.74) is 18.4. The van der Waals surface area contributed by atoms with Gasteiger partial charge in [0.1, 0.15) is 0 Å². The van der Waals surface area contributed by atoms with Gasteiger partial charge in [-0.15, -0.1) is 24.0 Å². The molecule has 10 aromatic rings. The normalized spacial score (nSPS) is 14.8. The van der Waals surface area contributed by atoms with Crippen LogP contribution in [0.25, 0.3) is 50.3 Å². The fourth-order valence-corrected chi connectivity index (χ4v) is 10.2. The molecule has 346 valence electrons. The van der Waals surface area contributed by atoms with Gasteiger partial charge in [-0.2, -0.15) is 53.1 Å². The van der Waals surface area contributed by atoms with E-state index >= 15 is 0 Å². The third kappa shape index (κ3) is 7.51. The number of aromatic nitrogens is 5. The van der Waals surface area contributed by atoms with Crippen LogP contribution >= 0.6 is 0 Å². The van der Waals surface area contributed by atoms with Gasteiger partial charge in [-0.25, -0.2) is 4.98 Å². The summed E-state index contributed by atoms with van der Waals surface area (Å²) in [6, 6.07) is 62.7. The van der Waals surface area contributed by atoms with Crippen LogP contribution in [0.4, 0.5) is 22.7 Å². The number of nitrogens with zero attached hydrogens (tertiary/aromatic N) is 7. The first-order chi connectivity index (χ1) is 32.5. The fraction of sp³-hybridized carbons (Fsp3) is 0.230. The molecule has 0 radical (unpaired) electrons. The molecule has 2 aliphatic heterocycles. The number of para-hydroxylation sites is 4. The van der Waals surface area contributed by atoms with Crippen LogP contribution in [0, 0.1) is 18.8 Å². The van der Waals surface area contributed by atoms with E-state index in [-0.39, 0.29) is 41.8 Å². The van der Waals surface area contributed by atoms with E-state index < -0.39 is 0 Å².